The minimum absolute atomic E-state index is 0.0631. The molecule has 0 spiro atoms. The molecule has 0 aromatic rings. The van der Waals surface area contributed by atoms with Gasteiger partial charge in [0.2, 0.25) is 0 Å². The predicted octanol–water partition coefficient (Wildman–Crippen LogP) is -1.33. The molecule has 6 nitrogen and oxygen atoms in total. The summed E-state index contributed by atoms with van der Waals surface area (Å²) in [5, 5.41) is 10.7. The van der Waals surface area contributed by atoms with Crippen molar-refractivity contribution in [1.29, 1.82) is 0 Å². The summed E-state index contributed by atoms with van der Waals surface area (Å²) in [5.74, 6) is -1.13. The van der Waals surface area contributed by atoms with Crippen molar-refractivity contribution in [3.8, 4) is 0 Å². The molecule has 0 unspecified atom stereocenters. The highest BCUT2D eigenvalue weighted by Crippen LogP contribution is 1.79. The van der Waals surface area contributed by atoms with Crippen LogP contribution in [0.25, 0.3) is 0 Å². The van der Waals surface area contributed by atoms with Crippen molar-refractivity contribution in [2.75, 3.05) is 20.6 Å². The van der Waals surface area contributed by atoms with E-state index in [0.717, 1.165) is 0 Å². The van der Waals surface area contributed by atoms with Gasteiger partial charge in [-0.05, 0) is 0 Å². The number of carboxylic acids is 1. The molecule has 0 aromatic heterocycles. The van der Waals surface area contributed by atoms with Crippen molar-refractivity contribution in [2.24, 2.45) is 5.73 Å². The number of nitrogens with one attached hydrogen (secondary N) is 1. The molecule has 70 valence electrons. The lowest BCUT2D eigenvalue weighted by Gasteiger charge is -2.13. The van der Waals surface area contributed by atoms with Crippen LogP contribution in [-0.4, -0.2) is 48.7 Å². The molecule has 1 atom stereocenters. The monoisotopic (exact) mass is 175 g/mol. The van der Waals surface area contributed by atoms with E-state index in [4.69, 9.17) is 10.8 Å². The molecule has 4 N–H and O–H groups in total. The van der Waals surface area contributed by atoms with Crippen molar-refractivity contribution in [1.82, 2.24) is 10.2 Å². The summed E-state index contributed by atoms with van der Waals surface area (Å²) in [4.78, 5) is 22.3. The van der Waals surface area contributed by atoms with Gasteiger partial charge in [0, 0.05) is 20.6 Å². The zero-order valence-corrected chi connectivity index (χ0v) is 7.07. The van der Waals surface area contributed by atoms with Gasteiger partial charge in [-0.2, -0.15) is 0 Å². The number of amides is 2. The number of hydrogen-bond acceptors (Lipinski definition) is 3. The van der Waals surface area contributed by atoms with E-state index in [9.17, 15) is 9.59 Å². The first-order chi connectivity index (χ1) is 5.45. The van der Waals surface area contributed by atoms with Gasteiger partial charge in [0.15, 0.2) is 0 Å². The van der Waals surface area contributed by atoms with E-state index in [0.29, 0.717) is 0 Å². The van der Waals surface area contributed by atoms with Crippen molar-refractivity contribution in [2.45, 2.75) is 6.04 Å². The zero-order valence-electron chi connectivity index (χ0n) is 7.07. The van der Waals surface area contributed by atoms with E-state index in [1.165, 1.54) is 4.90 Å². The minimum Gasteiger partial charge on any atom is -0.480 e. The van der Waals surface area contributed by atoms with Crippen LogP contribution in [0.5, 0.6) is 0 Å². The molecule has 0 rings (SSSR count). The van der Waals surface area contributed by atoms with E-state index in [-0.39, 0.29) is 12.6 Å². The van der Waals surface area contributed by atoms with E-state index in [1.54, 1.807) is 14.1 Å². The van der Waals surface area contributed by atoms with Crippen molar-refractivity contribution in [3.05, 3.63) is 0 Å². The first-order valence-electron chi connectivity index (χ1n) is 3.38. The molecular formula is C6H13N3O3. The summed E-state index contributed by atoms with van der Waals surface area (Å²) in [7, 11) is 3.11. The maximum Gasteiger partial charge on any atom is 0.322 e. The van der Waals surface area contributed by atoms with E-state index in [1.807, 2.05) is 0 Å². The summed E-state index contributed by atoms with van der Waals surface area (Å²) in [6.45, 7) is -0.0631. The second kappa shape index (κ2) is 4.55. The Labute approximate surface area is 70.3 Å². The van der Waals surface area contributed by atoms with Gasteiger partial charge in [-0.15, -0.1) is 0 Å². The van der Waals surface area contributed by atoms with E-state index < -0.39 is 12.0 Å². The van der Waals surface area contributed by atoms with Crippen LogP contribution >= 0.6 is 0 Å². The van der Waals surface area contributed by atoms with Gasteiger partial charge in [-0.25, -0.2) is 4.79 Å². The number of carbonyl (C=O) groups excluding carboxylic acids is 1. The molecule has 0 aliphatic rings. The molecule has 0 heterocycles. The Morgan fingerprint density at radius 1 is 1.58 bits per heavy atom. The van der Waals surface area contributed by atoms with Crippen LogP contribution in [0.3, 0.4) is 0 Å². The molecular weight excluding hydrogens is 162 g/mol. The smallest absolute Gasteiger partial charge is 0.322 e. The Balaban J connectivity index is 3.69. The lowest BCUT2D eigenvalue weighted by molar-refractivity contribution is -0.138. The third kappa shape index (κ3) is 3.77. The zero-order chi connectivity index (χ0) is 9.72. The number of carboxylic acid groups (broad SMARTS) is 1. The Morgan fingerprint density at radius 3 is 2.42 bits per heavy atom. The number of carbonyl (C=O) groups is 2. The van der Waals surface area contributed by atoms with Crippen LogP contribution in [0.1, 0.15) is 0 Å². The van der Waals surface area contributed by atoms with Crippen LogP contribution < -0.4 is 11.1 Å². The molecule has 0 radical (unpaired) electrons. The maximum absolute atomic E-state index is 10.8. The molecule has 2 amide bonds. The van der Waals surface area contributed by atoms with E-state index >= 15 is 0 Å². The van der Waals surface area contributed by atoms with Gasteiger partial charge in [0.1, 0.15) is 6.04 Å². The first kappa shape index (κ1) is 10.7. The van der Waals surface area contributed by atoms with E-state index in [2.05, 4.69) is 5.32 Å². The topological polar surface area (TPSA) is 95.7 Å². The van der Waals surface area contributed by atoms with Gasteiger partial charge in [-0.3, -0.25) is 4.79 Å². The molecule has 0 aliphatic heterocycles. The highest BCUT2D eigenvalue weighted by molar-refractivity contribution is 5.77. The molecule has 6 heteroatoms. The summed E-state index contributed by atoms with van der Waals surface area (Å²) in [6, 6.07) is -1.40. The third-order valence-corrected chi connectivity index (χ3v) is 1.20. The largest absolute Gasteiger partial charge is 0.480 e. The normalized spacial score (nSPS) is 11.9. The molecule has 12 heavy (non-hydrogen) atoms. The SMILES string of the molecule is CN(C)C(=O)NC[C@H](N)C(=O)O. The van der Waals surface area contributed by atoms with Gasteiger partial charge < -0.3 is 21.1 Å². The van der Waals surface area contributed by atoms with Crippen LogP contribution in [0.2, 0.25) is 0 Å². The fraction of sp³-hybridized carbons (Fsp3) is 0.667. The van der Waals surface area contributed by atoms with Crippen LogP contribution in [0.4, 0.5) is 4.79 Å². The Bertz CT molecular complexity index is 181. The molecule has 0 bridgehead atoms. The lowest BCUT2D eigenvalue weighted by Crippen LogP contribution is -2.45. The molecule has 0 fully saturated rings. The van der Waals surface area contributed by atoms with Crippen LogP contribution in [0, 0.1) is 0 Å². The maximum atomic E-state index is 10.8. The number of hydrogen-bond donors (Lipinski definition) is 3. The second-order valence-electron chi connectivity index (χ2n) is 2.53. The standard InChI is InChI=1S/C6H13N3O3/c1-9(2)6(12)8-3-4(7)5(10)11/h4H,3,7H2,1-2H3,(H,8,12)(H,10,11)/t4-/m0/s1. The first-order valence-corrected chi connectivity index (χ1v) is 3.38. The molecule has 0 saturated heterocycles. The summed E-state index contributed by atoms with van der Waals surface area (Å²) < 4.78 is 0. The number of rotatable bonds is 3. The third-order valence-electron chi connectivity index (χ3n) is 1.20. The van der Waals surface area contributed by atoms with Gasteiger partial charge in [-0.1, -0.05) is 0 Å². The Morgan fingerprint density at radius 2 is 2.08 bits per heavy atom. The minimum atomic E-state index is -1.13. The van der Waals surface area contributed by atoms with Crippen molar-refractivity contribution in [3.63, 3.8) is 0 Å². The van der Waals surface area contributed by atoms with Gasteiger partial charge in [0.05, 0.1) is 0 Å². The summed E-state index contributed by atoms with van der Waals surface area (Å²) in [6.07, 6.45) is 0. The summed E-state index contributed by atoms with van der Waals surface area (Å²) >= 11 is 0. The van der Waals surface area contributed by atoms with Crippen LogP contribution in [0.15, 0.2) is 0 Å². The van der Waals surface area contributed by atoms with Crippen LogP contribution in [-0.2, 0) is 4.79 Å². The number of nitrogens with two attached hydrogens (primary N) is 1. The molecule has 0 saturated carbocycles. The lowest BCUT2D eigenvalue weighted by atomic mass is 10.3. The summed E-state index contributed by atoms with van der Waals surface area (Å²) in [5.41, 5.74) is 5.13. The Hall–Kier alpha value is -1.30. The number of nitrogens with zero attached hydrogens (tertiary/aromatic N) is 1. The second-order valence-corrected chi connectivity index (χ2v) is 2.53. The average molecular weight is 175 g/mol. The average Bonchev–Trinajstić information content (AvgIpc) is 1.98. The highest BCUT2D eigenvalue weighted by atomic mass is 16.4. The Kier molecular flexibility index (Phi) is 4.06. The van der Waals surface area contributed by atoms with Crippen molar-refractivity contribution >= 4 is 12.0 Å². The fourth-order valence-corrected chi connectivity index (χ4v) is 0.443. The molecule has 0 aromatic carbocycles. The van der Waals surface area contributed by atoms with Gasteiger partial charge >= 0.3 is 12.0 Å². The molecule has 0 aliphatic carbocycles. The number of urea groups is 1. The highest BCUT2D eigenvalue weighted by Gasteiger charge is 2.12. The quantitative estimate of drug-likeness (QED) is 0.495. The predicted molar refractivity (Wildman–Crippen MR) is 42.7 cm³/mol. The fourth-order valence-electron chi connectivity index (χ4n) is 0.443. The number of aliphatic carboxylic acids is 1. The van der Waals surface area contributed by atoms with Crippen molar-refractivity contribution < 1.29 is 14.7 Å². The van der Waals surface area contributed by atoms with Gasteiger partial charge in [0.25, 0.3) is 0 Å².